The van der Waals surface area contributed by atoms with Crippen LogP contribution in [0.1, 0.15) is 26.5 Å². The van der Waals surface area contributed by atoms with Crippen LogP contribution < -0.4 is 10.2 Å². The van der Waals surface area contributed by atoms with E-state index in [9.17, 15) is 14.0 Å². The fraction of sp³-hybridized carbons (Fsp3) is 0.250. The summed E-state index contributed by atoms with van der Waals surface area (Å²) in [5, 5.41) is 3.39. The Morgan fingerprint density at radius 3 is 2.76 bits per heavy atom. The number of H-pyrrole nitrogens is 1. The first-order valence-electron chi connectivity index (χ1n) is 9.19. The van der Waals surface area contributed by atoms with Gasteiger partial charge in [-0.25, -0.2) is 14.2 Å². The van der Waals surface area contributed by atoms with E-state index in [4.69, 9.17) is 0 Å². The molecule has 1 fully saturated rings. The van der Waals surface area contributed by atoms with E-state index in [0.29, 0.717) is 41.9 Å². The lowest BCUT2D eigenvalue weighted by atomic mass is 10.2. The minimum atomic E-state index is -0.302. The number of nitrogens with one attached hydrogen (secondary N) is 2. The summed E-state index contributed by atoms with van der Waals surface area (Å²) in [5.41, 5.74) is 2.44. The van der Waals surface area contributed by atoms with Crippen molar-refractivity contribution in [3.05, 3.63) is 70.2 Å². The molecule has 29 heavy (non-hydrogen) atoms. The van der Waals surface area contributed by atoms with Crippen molar-refractivity contribution in [3.63, 3.8) is 0 Å². The smallest absolute Gasteiger partial charge is 0.326 e. The van der Waals surface area contributed by atoms with E-state index in [1.165, 1.54) is 23.5 Å². The fourth-order valence-corrected chi connectivity index (χ4v) is 4.16. The Kier molecular flexibility index (Phi) is 5.30. The lowest BCUT2D eigenvalue weighted by Crippen LogP contribution is -2.31. The van der Waals surface area contributed by atoms with Gasteiger partial charge in [-0.05, 0) is 36.2 Å². The Hall–Kier alpha value is -3.20. The van der Waals surface area contributed by atoms with Crippen LogP contribution in [0.2, 0.25) is 0 Å². The van der Waals surface area contributed by atoms with Crippen molar-refractivity contribution >= 4 is 28.4 Å². The summed E-state index contributed by atoms with van der Waals surface area (Å²) in [5.74, 6) is -0.508. The lowest BCUT2D eigenvalue weighted by molar-refractivity contribution is 0.0954. The molecular formula is C20H20FN5O2S. The van der Waals surface area contributed by atoms with Crippen molar-refractivity contribution in [2.24, 2.45) is 0 Å². The third kappa shape index (κ3) is 4.14. The number of thiazole rings is 1. The van der Waals surface area contributed by atoms with Crippen LogP contribution >= 0.6 is 11.3 Å². The summed E-state index contributed by atoms with van der Waals surface area (Å²) >= 11 is 1.21. The summed E-state index contributed by atoms with van der Waals surface area (Å²) in [6, 6.07) is 7.84. The standard InChI is InChI=1S/C20H20FN5O2S/c1-13-17(18(27)23-11-15-6-7-22-10-15)29-19(24-13)26-9-8-25(20(26)28)12-14-2-4-16(21)5-3-14/h2-7,10,22H,8-9,11-12H2,1H3,(H,23,27). The number of hydrogen-bond acceptors (Lipinski definition) is 4. The van der Waals surface area contributed by atoms with E-state index in [-0.39, 0.29) is 17.8 Å². The first-order valence-corrected chi connectivity index (χ1v) is 10.0. The van der Waals surface area contributed by atoms with Gasteiger partial charge in [-0.15, -0.1) is 0 Å². The van der Waals surface area contributed by atoms with Gasteiger partial charge in [0.15, 0.2) is 5.13 Å². The number of benzene rings is 1. The molecule has 9 heteroatoms. The molecule has 0 aliphatic carbocycles. The number of anilines is 1. The second-order valence-corrected chi connectivity index (χ2v) is 7.77. The number of rotatable bonds is 6. The Labute approximate surface area is 171 Å². The predicted octanol–water partition coefficient (Wildman–Crippen LogP) is 3.29. The number of aromatic nitrogens is 2. The van der Waals surface area contributed by atoms with Crippen LogP contribution in [0.3, 0.4) is 0 Å². The van der Waals surface area contributed by atoms with Crippen molar-refractivity contribution in [3.8, 4) is 0 Å². The molecule has 0 radical (unpaired) electrons. The Morgan fingerprint density at radius 1 is 1.24 bits per heavy atom. The summed E-state index contributed by atoms with van der Waals surface area (Å²) in [6.07, 6.45) is 3.62. The van der Waals surface area contributed by atoms with Gasteiger partial charge in [0.2, 0.25) is 0 Å². The highest BCUT2D eigenvalue weighted by Crippen LogP contribution is 2.29. The SMILES string of the molecule is Cc1nc(N2CCN(Cc3ccc(F)cc3)C2=O)sc1C(=O)NCc1cc[nH]c1. The summed E-state index contributed by atoms with van der Waals surface area (Å²) in [6.45, 7) is 3.64. The van der Waals surface area contributed by atoms with Gasteiger partial charge in [-0.1, -0.05) is 23.5 Å². The number of hydrogen-bond donors (Lipinski definition) is 2. The van der Waals surface area contributed by atoms with Crippen LogP contribution in [-0.2, 0) is 13.1 Å². The molecule has 1 aliphatic rings. The van der Waals surface area contributed by atoms with Gasteiger partial charge in [0.1, 0.15) is 10.7 Å². The van der Waals surface area contributed by atoms with E-state index >= 15 is 0 Å². The van der Waals surface area contributed by atoms with E-state index in [1.54, 1.807) is 35.1 Å². The highest BCUT2D eigenvalue weighted by molar-refractivity contribution is 7.17. The molecule has 2 N–H and O–H groups in total. The zero-order valence-electron chi connectivity index (χ0n) is 15.8. The Morgan fingerprint density at radius 2 is 2.03 bits per heavy atom. The van der Waals surface area contributed by atoms with Crippen LogP contribution in [0.4, 0.5) is 14.3 Å². The maximum atomic E-state index is 13.1. The van der Waals surface area contributed by atoms with Crippen LogP contribution in [0, 0.1) is 12.7 Å². The molecule has 0 unspecified atom stereocenters. The topological polar surface area (TPSA) is 81.3 Å². The van der Waals surface area contributed by atoms with Crippen molar-refractivity contribution in [1.29, 1.82) is 0 Å². The minimum Gasteiger partial charge on any atom is -0.367 e. The van der Waals surface area contributed by atoms with Crippen LogP contribution in [0.5, 0.6) is 0 Å². The van der Waals surface area contributed by atoms with Crippen molar-refractivity contribution in [2.45, 2.75) is 20.0 Å². The van der Waals surface area contributed by atoms with E-state index in [0.717, 1.165) is 11.1 Å². The molecule has 3 amide bonds. The Bertz CT molecular complexity index is 1020. The molecular weight excluding hydrogens is 393 g/mol. The summed E-state index contributed by atoms with van der Waals surface area (Å²) in [4.78, 5) is 36.5. The van der Waals surface area contributed by atoms with Crippen molar-refractivity contribution in [1.82, 2.24) is 20.2 Å². The highest BCUT2D eigenvalue weighted by Gasteiger charge is 2.32. The number of aryl methyl sites for hydroxylation is 1. The zero-order chi connectivity index (χ0) is 20.4. The molecule has 7 nitrogen and oxygen atoms in total. The lowest BCUT2D eigenvalue weighted by Gasteiger charge is -2.16. The second kappa shape index (κ2) is 8.04. The molecule has 1 saturated heterocycles. The maximum Gasteiger partial charge on any atom is 0.326 e. The highest BCUT2D eigenvalue weighted by atomic mass is 32.1. The number of urea groups is 1. The molecule has 0 saturated carbocycles. The van der Waals surface area contributed by atoms with Gasteiger partial charge < -0.3 is 15.2 Å². The Balaban J connectivity index is 1.42. The van der Waals surface area contributed by atoms with Crippen LogP contribution in [0.15, 0.2) is 42.7 Å². The summed E-state index contributed by atoms with van der Waals surface area (Å²) in [7, 11) is 0. The largest absolute Gasteiger partial charge is 0.367 e. The van der Waals surface area contributed by atoms with Crippen LogP contribution in [-0.4, -0.2) is 39.9 Å². The van der Waals surface area contributed by atoms with Crippen molar-refractivity contribution in [2.75, 3.05) is 18.0 Å². The van der Waals surface area contributed by atoms with Gasteiger partial charge in [-0.2, -0.15) is 0 Å². The molecule has 1 aliphatic heterocycles. The van der Waals surface area contributed by atoms with Gasteiger partial charge in [0, 0.05) is 38.6 Å². The zero-order valence-corrected chi connectivity index (χ0v) is 16.6. The molecule has 4 rings (SSSR count). The molecule has 150 valence electrons. The molecule has 0 atom stereocenters. The number of aromatic amines is 1. The number of halogens is 1. The first-order chi connectivity index (χ1) is 14.0. The molecule has 3 aromatic rings. The average molecular weight is 413 g/mol. The summed E-state index contributed by atoms with van der Waals surface area (Å²) < 4.78 is 13.1. The van der Waals surface area contributed by atoms with Gasteiger partial charge in [0.25, 0.3) is 5.91 Å². The van der Waals surface area contributed by atoms with Gasteiger partial charge in [0.05, 0.1) is 5.69 Å². The van der Waals surface area contributed by atoms with Crippen molar-refractivity contribution < 1.29 is 14.0 Å². The molecule has 0 bridgehead atoms. The van der Waals surface area contributed by atoms with Gasteiger partial charge >= 0.3 is 6.03 Å². The normalized spacial score (nSPS) is 13.9. The monoisotopic (exact) mass is 413 g/mol. The second-order valence-electron chi connectivity index (χ2n) is 6.80. The molecule has 2 aromatic heterocycles. The van der Waals surface area contributed by atoms with E-state index in [2.05, 4.69) is 15.3 Å². The van der Waals surface area contributed by atoms with E-state index < -0.39 is 0 Å². The van der Waals surface area contributed by atoms with Crippen LogP contribution in [0.25, 0.3) is 0 Å². The van der Waals surface area contributed by atoms with E-state index in [1.807, 2.05) is 12.3 Å². The molecule has 3 heterocycles. The average Bonchev–Trinajstić information content (AvgIpc) is 3.43. The number of carbonyl (C=O) groups is 2. The number of amides is 3. The minimum absolute atomic E-state index is 0.164. The first kappa shape index (κ1) is 19.1. The molecule has 0 spiro atoms. The van der Waals surface area contributed by atoms with Gasteiger partial charge in [-0.3, -0.25) is 9.69 Å². The predicted molar refractivity (Wildman–Crippen MR) is 108 cm³/mol. The quantitative estimate of drug-likeness (QED) is 0.651. The third-order valence-electron chi connectivity index (χ3n) is 4.72. The number of nitrogens with zero attached hydrogens (tertiary/aromatic N) is 3. The molecule has 1 aromatic carbocycles. The number of carbonyl (C=O) groups excluding carboxylic acids is 2. The third-order valence-corrected chi connectivity index (χ3v) is 5.90. The fourth-order valence-electron chi connectivity index (χ4n) is 3.16. The maximum absolute atomic E-state index is 13.1.